The molecule has 2 aliphatic rings. The molecule has 3 nitrogen and oxygen atoms in total. The Labute approximate surface area is 197 Å². The number of carbonyl (C=O) groups excluding carboxylic acids is 1. The van der Waals surface area contributed by atoms with Crippen molar-refractivity contribution >= 4 is 11.5 Å². The molecule has 1 amide bonds. The van der Waals surface area contributed by atoms with Gasteiger partial charge >= 0.3 is 0 Å². The number of benzene rings is 3. The van der Waals surface area contributed by atoms with E-state index in [2.05, 4.69) is 46.6 Å². The molecule has 5 rings (SSSR count). The molecule has 1 heterocycles. The van der Waals surface area contributed by atoms with Gasteiger partial charge in [0.1, 0.15) is 0 Å². The van der Waals surface area contributed by atoms with Crippen molar-refractivity contribution < 1.29 is 4.79 Å². The molecule has 3 heteroatoms. The van der Waals surface area contributed by atoms with E-state index in [9.17, 15) is 4.79 Å². The highest BCUT2D eigenvalue weighted by Gasteiger charge is 2.24. The minimum Gasteiger partial charge on any atom is -0.352 e. The fourth-order valence-electron chi connectivity index (χ4n) is 5.16. The molecule has 0 radical (unpaired) electrons. The van der Waals surface area contributed by atoms with Crippen LogP contribution >= 0.6 is 0 Å². The zero-order chi connectivity index (χ0) is 22.5. The summed E-state index contributed by atoms with van der Waals surface area (Å²) < 4.78 is 0. The Bertz CT molecular complexity index is 1130. The molecule has 1 N–H and O–H groups in total. The molecule has 0 atom stereocenters. The highest BCUT2D eigenvalue weighted by molar-refractivity contribution is 5.94. The van der Waals surface area contributed by atoms with Crippen molar-refractivity contribution in [2.24, 2.45) is 0 Å². The van der Waals surface area contributed by atoms with E-state index in [1.54, 1.807) is 11.1 Å². The summed E-state index contributed by atoms with van der Waals surface area (Å²) in [5, 5.41) is 3.09. The second-order valence-corrected chi connectivity index (χ2v) is 9.17. The summed E-state index contributed by atoms with van der Waals surface area (Å²) >= 11 is 0. The summed E-state index contributed by atoms with van der Waals surface area (Å²) in [5.41, 5.74) is 9.30. The van der Waals surface area contributed by atoms with Crippen LogP contribution in [0.5, 0.6) is 0 Å². The largest absolute Gasteiger partial charge is 0.352 e. The van der Waals surface area contributed by atoms with Gasteiger partial charge in [0.05, 0.1) is 0 Å². The van der Waals surface area contributed by atoms with Gasteiger partial charge in [0.15, 0.2) is 0 Å². The lowest BCUT2D eigenvalue weighted by molar-refractivity contribution is 0.0952. The molecule has 0 unspecified atom stereocenters. The third-order valence-electron chi connectivity index (χ3n) is 7.00. The maximum absolute atomic E-state index is 12.5. The topological polar surface area (TPSA) is 32.3 Å². The number of nitrogens with one attached hydrogen (secondary N) is 1. The highest BCUT2D eigenvalue weighted by Crippen LogP contribution is 2.36. The number of amides is 1. The smallest absolute Gasteiger partial charge is 0.251 e. The van der Waals surface area contributed by atoms with E-state index >= 15 is 0 Å². The van der Waals surface area contributed by atoms with Crippen LogP contribution in [0.15, 0.2) is 84.4 Å². The van der Waals surface area contributed by atoms with E-state index in [0.29, 0.717) is 0 Å². The molecule has 0 aromatic heterocycles. The van der Waals surface area contributed by atoms with Gasteiger partial charge in [-0.25, -0.2) is 0 Å². The molecule has 1 aliphatic carbocycles. The summed E-state index contributed by atoms with van der Waals surface area (Å²) in [5.74, 6) is 0.0169. The van der Waals surface area contributed by atoms with Crippen LogP contribution in [0.3, 0.4) is 0 Å². The molecule has 0 bridgehead atoms. The van der Waals surface area contributed by atoms with Crippen LogP contribution < -0.4 is 5.32 Å². The number of nitrogens with zero attached hydrogens (tertiary/aromatic N) is 1. The fraction of sp³-hybridized carbons (Fsp3) is 0.300. The van der Waals surface area contributed by atoms with Crippen molar-refractivity contribution in [3.63, 3.8) is 0 Å². The quantitative estimate of drug-likeness (QED) is 0.463. The van der Waals surface area contributed by atoms with Gasteiger partial charge in [-0.2, -0.15) is 0 Å². The van der Waals surface area contributed by atoms with Crippen LogP contribution in [0, 0.1) is 0 Å². The number of aryl methyl sites for hydroxylation is 1. The zero-order valence-electron chi connectivity index (χ0n) is 19.2. The SMILES string of the molecule is O=C(NCCCCN1CCC2=C(CCc3ccccc32)C1)c1ccc(-c2ccccc2)cc1. The first-order chi connectivity index (χ1) is 16.3. The predicted octanol–water partition coefficient (Wildman–Crippen LogP) is 5.97. The monoisotopic (exact) mass is 436 g/mol. The van der Waals surface area contributed by atoms with E-state index in [1.165, 1.54) is 36.0 Å². The van der Waals surface area contributed by atoms with Crippen molar-refractivity contribution in [3.05, 3.63) is 101 Å². The number of hydrogen-bond donors (Lipinski definition) is 1. The van der Waals surface area contributed by atoms with Crippen molar-refractivity contribution in [2.45, 2.75) is 32.1 Å². The standard InChI is InChI=1S/C30H32N2O/c33-30(26-15-12-24(13-16-26)23-8-2-1-3-9-23)31-19-6-7-20-32-21-18-29-27(22-32)17-14-25-10-4-5-11-28(25)29/h1-5,8-13,15-16H,6-7,14,17-22H2,(H,31,33). The van der Waals surface area contributed by atoms with Gasteiger partial charge in [-0.05, 0) is 78.6 Å². The molecule has 0 saturated carbocycles. The maximum Gasteiger partial charge on any atom is 0.251 e. The lowest BCUT2D eigenvalue weighted by Gasteiger charge is -2.34. The summed E-state index contributed by atoms with van der Waals surface area (Å²) in [4.78, 5) is 15.1. The van der Waals surface area contributed by atoms with Crippen LogP contribution in [0.4, 0.5) is 0 Å². The lowest BCUT2D eigenvalue weighted by atomic mass is 9.82. The lowest BCUT2D eigenvalue weighted by Crippen LogP contribution is -2.34. The minimum absolute atomic E-state index is 0.0169. The average Bonchev–Trinajstić information content (AvgIpc) is 2.88. The Morgan fingerprint density at radius 3 is 2.39 bits per heavy atom. The molecule has 1 aliphatic heterocycles. The normalized spacial score (nSPS) is 15.6. The first-order valence-corrected chi connectivity index (χ1v) is 12.2. The van der Waals surface area contributed by atoms with Gasteiger partial charge in [0.2, 0.25) is 0 Å². The second-order valence-electron chi connectivity index (χ2n) is 9.17. The van der Waals surface area contributed by atoms with Crippen LogP contribution in [0.2, 0.25) is 0 Å². The predicted molar refractivity (Wildman–Crippen MR) is 136 cm³/mol. The average molecular weight is 437 g/mol. The van der Waals surface area contributed by atoms with Crippen LogP contribution in [0.1, 0.15) is 47.2 Å². The Morgan fingerprint density at radius 2 is 1.55 bits per heavy atom. The molecule has 0 spiro atoms. The summed E-state index contributed by atoms with van der Waals surface area (Å²) in [6, 6.07) is 27.1. The molecule has 0 fully saturated rings. The van der Waals surface area contributed by atoms with E-state index in [1.807, 2.05) is 42.5 Å². The van der Waals surface area contributed by atoms with Crippen LogP contribution in [0.25, 0.3) is 16.7 Å². The first-order valence-electron chi connectivity index (χ1n) is 12.2. The van der Waals surface area contributed by atoms with Crippen molar-refractivity contribution in [1.29, 1.82) is 0 Å². The molecule has 168 valence electrons. The van der Waals surface area contributed by atoms with Crippen molar-refractivity contribution in [3.8, 4) is 11.1 Å². The first kappa shape index (κ1) is 21.7. The zero-order valence-corrected chi connectivity index (χ0v) is 19.2. The summed E-state index contributed by atoms with van der Waals surface area (Å²) in [6.45, 7) is 4.10. The number of unbranched alkanes of at least 4 members (excludes halogenated alkanes) is 1. The molecule has 0 saturated heterocycles. The summed E-state index contributed by atoms with van der Waals surface area (Å²) in [7, 11) is 0. The number of carbonyl (C=O) groups is 1. The molecule has 3 aromatic carbocycles. The molecular weight excluding hydrogens is 404 g/mol. The number of fused-ring (bicyclic) bond motifs is 2. The third kappa shape index (κ3) is 5.09. The Kier molecular flexibility index (Phi) is 6.68. The van der Waals surface area contributed by atoms with Crippen LogP contribution in [-0.4, -0.2) is 37.0 Å². The van der Waals surface area contributed by atoms with Gasteiger partial charge in [-0.1, -0.05) is 72.3 Å². The Balaban J connectivity index is 1.05. The maximum atomic E-state index is 12.5. The molecule has 33 heavy (non-hydrogen) atoms. The molecule has 3 aromatic rings. The van der Waals surface area contributed by atoms with E-state index in [0.717, 1.165) is 50.1 Å². The molecular formula is C30H32N2O. The van der Waals surface area contributed by atoms with Gasteiger partial charge < -0.3 is 5.32 Å². The van der Waals surface area contributed by atoms with Gasteiger partial charge in [0.25, 0.3) is 5.91 Å². The Hall–Kier alpha value is -3.17. The second kappa shape index (κ2) is 10.2. The van der Waals surface area contributed by atoms with Crippen molar-refractivity contribution in [1.82, 2.24) is 10.2 Å². The van der Waals surface area contributed by atoms with E-state index < -0.39 is 0 Å². The van der Waals surface area contributed by atoms with Gasteiger partial charge in [-0.15, -0.1) is 0 Å². The van der Waals surface area contributed by atoms with Gasteiger partial charge in [0, 0.05) is 25.2 Å². The minimum atomic E-state index is 0.0169. The number of hydrogen-bond acceptors (Lipinski definition) is 2. The fourth-order valence-corrected chi connectivity index (χ4v) is 5.16. The van der Waals surface area contributed by atoms with Gasteiger partial charge in [-0.3, -0.25) is 9.69 Å². The third-order valence-corrected chi connectivity index (χ3v) is 7.00. The van der Waals surface area contributed by atoms with Crippen molar-refractivity contribution in [2.75, 3.05) is 26.2 Å². The number of rotatable bonds is 7. The van der Waals surface area contributed by atoms with E-state index in [4.69, 9.17) is 0 Å². The van der Waals surface area contributed by atoms with E-state index in [-0.39, 0.29) is 5.91 Å². The Morgan fingerprint density at radius 1 is 0.788 bits per heavy atom. The highest BCUT2D eigenvalue weighted by atomic mass is 16.1. The van der Waals surface area contributed by atoms with Crippen LogP contribution in [-0.2, 0) is 6.42 Å². The summed E-state index contributed by atoms with van der Waals surface area (Å²) in [6.07, 6.45) is 5.69.